The molecule has 3 saturated heterocycles. The minimum absolute atomic E-state index is 0.0224. The number of amides is 3. The van der Waals surface area contributed by atoms with Crippen LogP contribution in [-0.4, -0.2) is 180 Å². The van der Waals surface area contributed by atoms with Crippen molar-refractivity contribution in [3.8, 4) is 11.1 Å². The number of hydrogen-bond donors (Lipinski definition) is 5. The van der Waals surface area contributed by atoms with Crippen molar-refractivity contribution in [2.45, 2.75) is 163 Å². The van der Waals surface area contributed by atoms with Crippen LogP contribution in [0.5, 0.6) is 0 Å². The van der Waals surface area contributed by atoms with Gasteiger partial charge in [0, 0.05) is 19.6 Å². The van der Waals surface area contributed by atoms with Gasteiger partial charge in [0.25, 0.3) is 0 Å². The Kier molecular flexibility index (Phi) is 24.2. The summed E-state index contributed by atoms with van der Waals surface area (Å²) in [6, 6.07) is 39.8. The van der Waals surface area contributed by atoms with Crippen LogP contribution in [0.2, 0.25) is 0 Å². The molecule has 0 radical (unpaired) electrons. The van der Waals surface area contributed by atoms with Crippen molar-refractivity contribution in [1.29, 1.82) is 0 Å². The first kappa shape index (κ1) is 68.1. The van der Waals surface area contributed by atoms with Crippen LogP contribution in [0.3, 0.4) is 0 Å². The van der Waals surface area contributed by atoms with Gasteiger partial charge < -0.3 is 78.2 Å². The molecule has 1 aliphatic carbocycles. The monoisotopic (exact) mass is 1280 g/mol. The third-order valence-electron chi connectivity index (χ3n) is 16.0. The van der Waals surface area contributed by atoms with E-state index in [1.54, 1.807) is 20.8 Å². The van der Waals surface area contributed by atoms with Gasteiger partial charge in [-0.3, -0.25) is 19.2 Å². The van der Waals surface area contributed by atoms with E-state index < -0.39 is 146 Å². The maximum absolute atomic E-state index is 15.1. The average Bonchev–Trinajstić information content (AvgIpc) is 1.71. The number of likely N-dealkylation sites (tertiary alicyclic amines) is 1. The quantitative estimate of drug-likeness (QED) is 0.0286. The molecule has 5 aromatic rings. The van der Waals surface area contributed by atoms with Gasteiger partial charge in [0.15, 0.2) is 6.29 Å². The number of nitrogens with one attached hydrogen (secondary N) is 2. The highest BCUT2D eigenvalue weighted by atomic mass is 32.2. The van der Waals surface area contributed by atoms with Crippen LogP contribution < -0.4 is 10.6 Å². The molecular formula is C68H81N3O19S. The summed E-state index contributed by atoms with van der Waals surface area (Å²) in [6.45, 7) is 6.10. The summed E-state index contributed by atoms with van der Waals surface area (Å²) >= 11 is 1.49. The van der Waals surface area contributed by atoms with Gasteiger partial charge in [-0.05, 0) is 78.3 Å². The number of alkyl carbamates (subject to hydrolysis) is 1. The summed E-state index contributed by atoms with van der Waals surface area (Å²) < 4.78 is 60.6. The standard InChI is InChI=1S/C68H81N3O19S/c1-6-91-66-61(86-37-43-25-14-9-15-26-43)60(85-36-42-23-12-8-13-24-42)59(84-35-41-21-10-7-11-22-41)53(89-66)40-83-54(72)33-49(70-67(80)87-38-48-46-29-18-16-27-44(46)45-28-17-19-30-47(45)48)63(78)71-32-20-31-51(71)62(77)69-50(64(79)90-68(2,3)4)34-55(73)82-39-52-56(74)57(75)58(76)65(81-5)88-52/h7-19,21-30,48-53,56-61,65-66,74-76H,6,20,31-40H2,1-5H3,(H,69,77)(H,70,80)/t49-,50-,51-,52+,53+,56+,57-,58-,59+,60-,61-,65-,66+/m0/s1. The fourth-order valence-electron chi connectivity index (χ4n) is 11.5. The normalized spacial score (nSPS) is 24.4. The zero-order valence-corrected chi connectivity index (χ0v) is 52.4. The van der Waals surface area contributed by atoms with Gasteiger partial charge in [-0.25, -0.2) is 9.59 Å². The van der Waals surface area contributed by atoms with Gasteiger partial charge in [-0.15, -0.1) is 11.8 Å². The number of aliphatic hydroxyl groups excluding tert-OH is 3. The number of rotatable bonds is 27. The molecule has 0 unspecified atom stereocenters. The van der Waals surface area contributed by atoms with Gasteiger partial charge in [-0.1, -0.05) is 146 Å². The van der Waals surface area contributed by atoms with E-state index in [0.717, 1.165) is 38.9 Å². The second-order valence-corrected chi connectivity index (χ2v) is 25.0. The lowest BCUT2D eigenvalue weighted by molar-refractivity contribution is -0.295. The van der Waals surface area contributed by atoms with Crippen LogP contribution in [0, 0.1) is 0 Å². The first-order valence-electron chi connectivity index (χ1n) is 30.6. The van der Waals surface area contributed by atoms with Crippen molar-refractivity contribution in [1.82, 2.24) is 15.5 Å². The molecule has 0 saturated carbocycles. The average molecular weight is 1280 g/mol. The molecule has 91 heavy (non-hydrogen) atoms. The third-order valence-corrected chi connectivity index (χ3v) is 17.1. The van der Waals surface area contributed by atoms with Crippen LogP contribution in [0.15, 0.2) is 140 Å². The molecule has 23 heteroatoms. The molecule has 3 fully saturated rings. The van der Waals surface area contributed by atoms with Crippen LogP contribution in [0.1, 0.15) is 87.1 Å². The maximum atomic E-state index is 15.1. The third kappa shape index (κ3) is 18.1. The SMILES string of the molecule is CCS[C@H]1O[C@H](COC(=O)C[C@H](NC(=O)OCC2c3ccccc3-c3ccccc32)C(=O)N2CCC[C@H]2C(=O)N[C@@H](CC(=O)OC[C@H]2O[C@H](OC)[C@@H](O)[C@@H](O)[C@@H]2O)C(=O)OC(C)(C)C)[C@@H](OCc2ccccc2)[C@H](OCc2ccccc2)[C@@H]1OCc1ccccc1. The Morgan fingerprint density at radius 2 is 1.12 bits per heavy atom. The Morgan fingerprint density at radius 3 is 1.67 bits per heavy atom. The summed E-state index contributed by atoms with van der Waals surface area (Å²) in [5.74, 6) is -4.45. The molecule has 0 spiro atoms. The first-order chi connectivity index (χ1) is 43.9. The van der Waals surface area contributed by atoms with E-state index in [1.807, 2.05) is 146 Å². The number of carbonyl (C=O) groups excluding carboxylic acids is 6. The molecule has 22 nitrogen and oxygen atoms in total. The van der Waals surface area contributed by atoms with Gasteiger partial charge in [0.1, 0.15) is 97.8 Å². The molecule has 13 atom stereocenters. The van der Waals surface area contributed by atoms with Crippen LogP contribution in [0.25, 0.3) is 11.1 Å². The lowest BCUT2D eigenvalue weighted by atomic mass is 9.98. The largest absolute Gasteiger partial charge is 0.463 e. The number of nitrogens with zero attached hydrogens (tertiary/aromatic N) is 1. The van der Waals surface area contributed by atoms with E-state index in [4.69, 9.17) is 47.4 Å². The van der Waals surface area contributed by atoms with Gasteiger partial charge in [0.2, 0.25) is 11.8 Å². The molecule has 0 aromatic heterocycles. The van der Waals surface area contributed by atoms with Crippen molar-refractivity contribution in [2.75, 3.05) is 39.2 Å². The Bertz CT molecular complexity index is 3170. The van der Waals surface area contributed by atoms with E-state index >= 15 is 4.79 Å². The van der Waals surface area contributed by atoms with Crippen molar-refractivity contribution in [3.63, 3.8) is 0 Å². The highest BCUT2D eigenvalue weighted by Gasteiger charge is 2.50. The number of fused-ring (bicyclic) bond motifs is 3. The Balaban J connectivity index is 0.947. The summed E-state index contributed by atoms with van der Waals surface area (Å²) in [6.07, 6.45) is -13.3. The molecule has 5 N–H and O–H groups in total. The number of thioether (sulfide) groups is 1. The predicted molar refractivity (Wildman–Crippen MR) is 331 cm³/mol. The van der Waals surface area contributed by atoms with E-state index in [0.29, 0.717) is 5.75 Å². The summed E-state index contributed by atoms with van der Waals surface area (Å²) in [4.78, 5) is 86.8. The highest BCUT2D eigenvalue weighted by Crippen LogP contribution is 2.45. The molecule has 0 bridgehead atoms. The Hall–Kier alpha value is -7.29. The Morgan fingerprint density at radius 1 is 0.604 bits per heavy atom. The van der Waals surface area contributed by atoms with Crippen molar-refractivity contribution < 1.29 is 91.5 Å². The second kappa shape index (κ2) is 32.3. The minimum atomic E-state index is -1.71. The maximum Gasteiger partial charge on any atom is 0.407 e. The fourth-order valence-corrected chi connectivity index (χ4v) is 12.5. The zero-order chi connectivity index (χ0) is 64.6. The van der Waals surface area contributed by atoms with Crippen molar-refractivity contribution in [3.05, 3.63) is 167 Å². The number of carbonyl (C=O) groups is 6. The summed E-state index contributed by atoms with van der Waals surface area (Å²) in [5.41, 5.74) is 4.81. The lowest BCUT2D eigenvalue weighted by Gasteiger charge is -2.45. The van der Waals surface area contributed by atoms with E-state index in [2.05, 4.69) is 10.6 Å². The predicted octanol–water partition coefficient (Wildman–Crippen LogP) is 6.27. The Labute approximate surface area is 533 Å². The number of methoxy groups -OCH3 is 1. The van der Waals surface area contributed by atoms with Gasteiger partial charge in [0.05, 0.1) is 32.7 Å². The van der Waals surface area contributed by atoms with E-state index in [9.17, 15) is 39.3 Å². The molecule has 488 valence electrons. The van der Waals surface area contributed by atoms with Crippen LogP contribution >= 0.6 is 11.8 Å². The van der Waals surface area contributed by atoms with Gasteiger partial charge in [-0.2, -0.15) is 0 Å². The summed E-state index contributed by atoms with van der Waals surface area (Å²) in [5, 5.41) is 36.3. The zero-order valence-electron chi connectivity index (χ0n) is 51.6. The number of benzene rings is 5. The minimum Gasteiger partial charge on any atom is -0.463 e. The smallest absolute Gasteiger partial charge is 0.407 e. The van der Waals surface area contributed by atoms with Crippen molar-refractivity contribution in [2.24, 2.45) is 0 Å². The number of esters is 3. The van der Waals surface area contributed by atoms with E-state index in [-0.39, 0.29) is 51.7 Å². The molecular weight excluding hydrogens is 1190 g/mol. The molecule has 4 aliphatic rings. The lowest BCUT2D eigenvalue weighted by Crippen LogP contribution is -2.60. The van der Waals surface area contributed by atoms with E-state index in [1.165, 1.54) is 23.8 Å². The number of aliphatic hydroxyl groups is 3. The first-order valence-corrected chi connectivity index (χ1v) is 31.7. The van der Waals surface area contributed by atoms with Crippen LogP contribution in [-0.2, 0) is 91.2 Å². The second-order valence-electron chi connectivity index (χ2n) is 23.6. The molecule has 3 aliphatic heterocycles. The highest BCUT2D eigenvalue weighted by molar-refractivity contribution is 7.99. The van der Waals surface area contributed by atoms with Crippen LogP contribution in [0.4, 0.5) is 4.79 Å². The summed E-state index contributed by atoms with van der Waals surface area (Å²) in [7, 11) is 1.21. The fraction of sp³-hybridized carbons (Fsp3) is 0.471. The molecule has 3 amide bonds. The van der Waals surface area contributed by atoms with Gasteiger partial charge >= 0.3 is 24.0 Å². The molecule has 3 heterocycles. The topological polar surface area (TPSA) is 283 Å². The number of ether oxygens (including phenoxy) is 10. The van der Waals surface area contributed by atoms with Crippen molar-refractivity contribution >= 4 is 47.6 Å². The number of hydrogen-bond acceptors (Lipinski definition) is 20. The molecule has 5 aromatic carbocycles. The molecule has 9 rings (SSSR count).